The highest BCUT2D eigenvalue weighted by atomic mass is 32.2. The number of aromatic carboxylic acids is 1. The average Bonchev–Trinajstić information content (AvgIpc) is 3.51. The number of nitrogens with two attached hydrogens (primary N) is 1. The number of carboxylic acids is 1. The Labute approximate surface area is 242 Å². The van der Waals surface area contributed by atoms with E-state index in [9.17, 15) is 18.3 Å². The van der Waals surface area contributed by atoms with Gasteiger partial charge < -0.3 is 5.11 Å². The van der Waals surface area contributed by atoms with Crippen molar-refractivity contribution in [1.82, 2.24) is 14.8 Å². The molecule has 0 atom stereocenters. The van der Waals surface area contributed by atoms with Crippen LogP contribution in [0, 0.1) is 12.8 Å². The van der Waals surface area contributed by atoms with Crippen LogP contribution in [0.5, 0.6) is 0 Å². The number of hydrogen-bond donors (Lipinski definition) is 2. The highest BCUT2D eigenvalue weighted by Crippen LogP contribution is 2.38. The summed E-state index contributed by atoms with van der Waals surface area (Å²) in [7, 11) is -3.80. The Kier molecular flexibility index (Phi) is 7.06. The van der Waals surface area contributed by atoms with Crippen LogP contribution in [0.15, 0.2) is 83.1 Å². The Morgan fingerprint density at radius 2 is 1.73 bits per heavy atom. The number of carbonyl (C=O) groups is 1. The SMILES string of the molecule is Cc1ccc(-c2cccc(-c3nn(-c4nc(C(=O)O)cs4)c(CC4CC4)c3Cc3ccc(S(N)(=O)=O)cc3)c2)cc1. The van der Waals surface area contributed by atoms with Crippen LogP contribution < -0.4 is 5.14 Å². The molecule has 0 saturated heterocycles. The molecule has 10 heteroatoms. The zero-order chi connectivity index (χ0) is 28.7. The van der Waals surface area contributed by atoms with Gasteiger partial charge in [0.25, 0.3) is 0 Å². The second-order valence-corrected chi connectivity index (χ2v) is 12.9. The minimum atomic E-state index is -3.80. The number of aryl methyl sites for hydroxylation is 1. The standard InChI is InChI=1S/C31H28N4O4S2/c1-19-5-11-22(12-6-19)23-3-2-4-24(17-23)29-26(15-20-9-13-25(14-10-20)41(32,38)39)28(16-21-7-8-21)35(34-29)31-33-27(18-40-31)30(36)37/h2-6,9-14,17-18,21H,7-8,15-16H2,1H3,(H,36,37)(H2,32,38,39). The van der Waals surface area contributed by atoms with Gasteiger partial charge in [-0.05, 0) is 67.0 Å². The van der Waals surface area contributed by atoms with Crippen LogP contribution in [-0.2, 0) is 22.9 Å². The summed E-state index contributed by atoms with van der Waals surface area (Å²) in [5.41, 5.74) is 7.97. The van der Waals surface area contributed by atoms with Gasteiger partial charge in [-0.15, -0.1) is 11.3 Å². The van der Waals surface area contributed by atoms with Gasteiger partial charge in [-0.1, -0.05) is 60.2 Å². The van der Waals surface area contributed by atoms with Gasteiger partial charge in [0.2, 0.25) is 15.2 Å². The lowest BCUT2D eigenvalue weighted by atomic mass is 9.95. The molecule has 0 bridgehead atoms. The second kappa shape index (κ2) is 10.7. The molecule has 0 radical (unpaired) electrons. The van der Waals surface area contributed by atoms with Crippen molar-refractivity contribution in [2.75, 3.05) is 0 Å². The molecule has 3 aromatic carbocycles. The quantitative estimate of drug-likeness (QED) is 0.223. The third-order valence-corrected chi connectivity index (χ3v) is 9.06. The Hall–Kier alpha value is -4.12. The van der Waals surface area contributed by atoms with Crippen molar-refractivity contribution in [1.29, 1.82) is 0 Å². The summed E-state index contributed by atoms with van der Waals surface area (Å²) in [4.78, 5) is 16.0. The van der Waals surface area contributed by atoms with Crippen molar-refractivity contribution in [3.05, 3.63) is 106 Å². The number of aromatic nitrogens is 3. The van der Waals surface area contributed by atoms with Crippen LogP contribution in [0.25, 0.3) is 27.5 Å². The molecule has 6 rings (SSSR count). The number of rotatable bonds is 9. The molecule has 2 heterocycles. The van der Waals surface area contributed by atoms with Gasteiger partial charge in [0, 0.05) is 22.9 Å². The van der Waals surface area contributed by atoms with Crippen LogP contribution >= 0.6 is 11.3 Å². The van der Waals surface area contributed by atoms with Gasteiger partial charge in [-0.2, -0.15) is 5.10 Å². The zero-order valence-electron chi connectivity index (χ0n) is 22.3. The minimum Gasteiger partial charge on any atom is -0.476 e. The number of primary sulfonamides is 1. The van der Waals surface area contributed by atoms with Crippen LogP contribution in [0.2, 0.25) is 0 Å². The summed E-state index contributed by atoms with van der Waals surface area (Å²) in [6.07, 6.45) is 3.56. The molecule has 1 saturated carbocycles. The highest BCUT2D eigenvalue weighted by molar-refractivity contribution is 7.89. The molecule has 1 fully saturated rings. The number of carboxylic acid groups (broad SMARTS) is 1. The normalized spacial score (nSPS) is 13.4. The van der Waals surface area contributed by atoms with Gasteiger partial charge in [-0.25, -0.2) is 28.0 Å². The molecule has 0 spiro atoms. The van der Waals surface area contributed by atoms with E-state index in [0.717, 1.165) is 58.5 Å². The molecule has 41 heavy (non-hydrogen) atoms. The van der Waals surface area contributed by atoms with E-state index in [1.54, 1.807) is 16.8 Å². The minimum absolute atomic E-state index is 0.0130. The lowest BCUT2D eigenvalue weighted by Gasteiger charge is -2.10. The van der Waals surface area contributed by atoms with Gasteiger partial charge in [0.1, 0.15) is 0 Å². The number of nitrogens with zero attached hydrogens (tertiary/aromatic N) is 3. The average molecular weight is 585 g/mol. The molecular weight excluding hydrogens is 556 g/mol. The maximum atomic E-state index is 11.8. The predicted molar refractivity (Wildman–Crippen MR) is 159 cm³/mol. The summed E-state index contributed by atoms with van der Waals surface area (Å²) in [6, 6.07) is 23.2. The fraction of sp³-hybridized carbons (Fsp3) is 0.194. The van der Waals surface area contributed by atoms with E-state index in [4.69, 9.17) is 10.2 Å². The summed E-state index contributed by atoms with van der Waals surface area (Å²) < 4.78 is 25.4. The van der Waals surface area contributed by atoms with Crippen molar-refractivity contribution in [2.45, 2.75) is 37.5 Å². The largest absolute Gasteiger partial charge is 0.476 e. The van der Waals surface area contributed by atoms with Crippen LogP contribution in [0.4, 0.5) is 0 Å². The van der Waals surface area contributed by atoms with E-state index in [0.29, 0.717) is 17.5 Å². The van der Waals surface area contributed by atoms with E-state index >= 15 is 0 Å². The third kappa shape index (κ3) is 5.85. The maximum absolute atomic E-state index is 11.8. The van der Waals surface area contributed by atoms with Crippen LogP contribution in [-0.4, -0.2) is 34.3 Å². The van der Waals surface area contributed by atoms with E-state index in [1.165, 1.54) is 34.4 Å². The number of thiazole rings is 1. The highest BCUT2D eigenvalue weighted by Gasteiger charge is 2.29. The molecule has 5 aromatic rings. The molecule has 1 aliphatic carbocycles. The first-order chi connectivity index (χ1) is 19.7. The Morgan fingerprint density at radius 1 is 1.02 bits per heavy atom. The molecule has 0 aliphatic heterocycles. The Morgan fingerprint density at radius 3 is 2.37 bits per heavy atom. The van der Waals surface area contributed by atoms with E-state index < -0.39 is 16.0 Å². The number of sulfonamides is 1. The Balaban J connectivity index is 1.50. The summed E-state index contributed by atoms with van der Waals surface area (Å²) >= 11 is 1.25. The first-order valence-corrected chi connectivity index (χ1v) is 15.7. The van der Waals surface area contributed by atoms with Crippen molar-refractivity contribution in [3.63, 3.8) is 0 Å². The lowest BCUT2D eigenvalue weighted by molar-refractivity contribution is 0.0691. The number of benzene rings is 3. The topological polar surface area (TPSA) is 128 Å². The molecule has 1 aliphatic rings. The molecule has 3 N–H and O–H groups in total. The van der Waals surface area contributed by atoms with Gasteiger partial charge in [-0.3, -0.25) is 0 Å². The smallest absolute Gasteiger partial charge is 0.355 e. The lowest BCUT2D eigenvalue weighted by Crippen LogP contribution is -2.12. The second-order valence-electron chi connectivity index (χ2n) is 10.5. The first kappa shape index (κ1) is 27.1. The van der Waals surface area contributed by atoms with Crippen LogP contribution in [0.1, 0.15) is 45.7 Å². The summed E-state index contributed by atoms with van der Waals surface area (Å²) in [5.74, 6) is -0.552. The fourth-order valence-corrected chi connectivity index (χ4v) is 6.21. The van der Waals surface area contributed by atoms with Crippen molar-refractivity contribution in [2.24, 2.45) is 11.1 Å². The summed E-state index contributed by atoms with van der Waals surface area (Å²) in [5, 5.41) is 21.9. The number of hydrogen-bond acceptors (Lipinski definition) is 6. The molecule has 208 valence electrons. The zero-order valence-corrected chi connectivity index (χ0v) is 24.0. The Bertz CT molecular complexity index is 1850. The van der Waals surface area contributed by atoms with Gasteiger partial charge >= 0.3 is 5.97 Å². The van der Waals surface area contributed by atoms with Gasteiger partial charge in [0.15, 0.2) is 5.69 Å². The molecule has 0 amide bonds. The third-order valence-electron chi connectivity index (χ3n) is 7.31. The molecule has 2 aromatic heterocycles. The monoisotopic (exact) mass is 584 g/mol. The summed E-state index contributed by atoms with van der Waals surface area (Å²) in [6.45, 7) is 2.06. The molecule has 8 nitrogen and oxygen atoms in total. The van der Waals surface area contributed by atoms with Crippen LogP contribution in [0.3, 0.4) is 0 Å². The van der Waals surface area contributed by atoms with E-state index in [2.05, 4.69) is 48.3 Å². The molecular formula is C31H28N4O4S2. The first-order valence-electron chi connectivity index (χ1n) is 13.2. The van der Waals surface area contributed by atoms with E-state index in [-0.39, 0.29) is 10.6 Å². The predicted octanol–water partition coefficient (Wildman–Crippen LogP) is 5.86. The molecule has 0 unspecified atom stereocenters. The van der Waals surface area contributed by atoms with Crippen molar-refractivity contribution >= 4 is 27.3 Å². The van der Waals surface area contributed by atoms with E-state index in [1.807, 2.05) is 12.1 Å². The fourth-order valence-electron chi connectivity index (χ4n) is 4.92. The van der Waals surface area contributed by atoms with Gasteiger partial charge in [0.05, 0.1) is 16.3 Å². The maximum Gasteiger partial charge on any atom is 0.355 e. The van der Waals surface area contributed by atoms with Crippen molar-refractivity contribution in [3.8, 4) is 27.5 Å². The van der Waals surface area contributed by atoms with Crippen molar-refractivity contribution < 1.29 is 18.3 Å².